The van der Waals surface area contributed by atoms with E-state index in [-0.39, 0.29) is 24.6 Å². The average Bonchev–Trinajstić information content (AvgIpc) is 2.72. The highest BCUT2D eigenvalue weighted by atomic mass is 16.3. The largest absolute Gasteiger partial charge is 0.395 e. The molecule has 0 aliphatic carbocycles. The zero-order valence-corrected chi connectivity index (χ0v) is 16.0. The van der Waals surface area contributed by atoms with E-state index in [1.165, 1.54) is 10.9 Å². The summed E-state index contributed by atoms with van der Waals surface area (Å²) in [5.74, 6) is 0.726. The van der Waals surface area contributed by atoms with E-state index in [2.05, 4.69) is 20.1 Å². The number of carbonyl (C=O) groups is 1. The van der Waals surface area contributed by atoms with Gasteiger partial charge in [0.25, 0.3) is 5.56 Å². The van der Waals surface area contributed by atoms with Gasteiger partial charge in [0, 0.05) is 51.4 Å². The highest BCUT2D eigenvalue weighted by Crippen LogP contribution is 2.21. The molecule has 3 heterocycles. The van der Waals surface area contributed by atoms with Crippen LogP contribution in [0.3, 0.4) is 0 Å². The van der Waals surface area contributed by atoms with Gasteiger partial charge in [-0.3, -0.25) is 19.1 Å². The van der Waals surface area contributed by atoms with Gasteiger partial charge < -0.3 is 15.3 Å². The number of carbonyl (C=O) groups excluding carboxylic acids is 1. The van der Waals surface area contributed by atoms with Crippen LogP contribution in [0.2, 0.25) is 0 Å². The molecule has 2 aliphatic heterocycles. The van der Waals surface area contributed by atoms with Gasteiger partial charge in [-0.15, -0.1) is 0 Å². The molecule has 0 saturated carbocycles. The molecule has 8 heteroatoms. The number of nitrogens with one attached hydrogen (secondary N) is 1. The topological polar surface area (TPSA) is 90.7 Å². The quantitative estimate of drug-likeness (QED) is 0.755. The first-order valence-corrected chi connectivity index (χ1v) is 9.98. The molecular weight excluding hydrogens is 358 g/mol. The number of hydrogen-bond acceptors (Lipinski definition) is 6. The number of nitrogens with zero attached hydrogens (tertiary/aromatic N) is 4. The maximum absolute atomic E-state index is 12.4. The van der Waals surface area contributed by atoms with E-state index in [0.717, 1.165) is 51.4 Å². The molecule has 2 aliphatic rings. The maximum atomic E-state index is 12.4. The van der Waals surface area contributed by atoms with Crippen LogP contribution in [-0.2, 0) is 11.3 Å². The van der Waals surface area contributed by atoms with E-state index >= 15 is 0 Å². The first-order valence-electron chi connectivity index (χ1n) is 9.98. The molecule has 0 bridgehead atoms. The second-order valence-electron chi connectivity index (χ2n) is 7.66. The van der Waals surface area contributed by atoms with Crippen molar-refractivity contribution in [3.05, 3.63) is 34.9 Å². The summed E-state index contributed by atoms with van der Waals surface area (Å²) in [6, 6.07) is 5.80. The molecule has 4 rings (SSSR count). The number of benzene rings is 1. The number of hydrogen-bond donors (Lipinski definition) is 2. The van der Waals surface area contributed by atoms with Gasteiger partial charge in [-0.1, -0.05) is 0 Å². The second-order valence-corrected chi connectivity index (χ2v) is 7.66. The monoisotopic (exact) mass is 385 g/mol. The van der Waals surface area contributed by atoms with Crippen LogP contribution >= 0.6 is 0 Å². The molecule has 2 fully saturated rings. The maximum Gasteiger partial charge on any atom is 0.261 e. The van der Waals surface area contributed by atoms with Crippen molar-refractivity contribution in [3.63, 3.8) is 0 Å². The Labute approximate surface area is 163 Å². The number of amides is 1. The number of fused-ring (bicyclic) bond motifs is 1. The Morgan fingerprint density at radius 3 is 2.71 bits per heavy atom. The highest BCUT2D eigenvalue weighted by molar-refractivity contribution is 5.81. The van der Waals surface area contributed by atoms with E-state index < -0.39 is 0 Å². The van der Waals surface area contributed by atoms with E-state index in [1.54, 1.807) is 0 Å². The van der Waals surface area contributed by atoms with Crippen LogP contribution in [0.4, 0.5) is 5.69 Å². The van der Waals surface area contributed by atoms with Gasteiger partial charge in [-0.05, 0) is 30.5 Å². The molecule has 150 valence electrons. The Balaban J connectivity index is 1.39. The predicted octanol–water partition coefficient (Wildman–Crippen LogP) is 0.0370. The Morgan fingerprint density at radius 1 is 1.18 bits per heavy atom. The van der Waals surface area contributed by atoms with E-state index in [1.807, 2.05) is 18.2 Å². The summed E-state index contributed by atoms with van der Waals surface area (Å²) in [5.41, 5.74) is 1.66. The summed E-state index contributed by atoms with van der Waals surface area (Å²) in [6.45, 7) is 5.88. The Kier molecular flexibility index (Phi) is 5.59. The standard InChI is InChI=1S/C20H27N5O3/c26-10-9-25-14-22-18-11-16(2-3-17(18)20(25)28)24-7-5-23(6-8-24)13-15-1-4-19(27)21-12-15/h2-3,11,14-15,26H,1,4-10,12-13H2,(H,21,27). The molecule has 28 heavy (non-hydrogen) atoms. The van der Waals surface area contributed by atoms with E-state index in [0.29, 0.717) is 23.2 Å². The van der Waals surface area contributed by atoms with Crippen LogP contribution in [0.25, 0.3) is 10.9 Å². The third-order valence-electron chi connectivity index (χ3n) is 5.77. The molecule has 2 aromatic rings. The molecule has 0 radical (unpaired) electrons. The fourth-order valence-electron chi connectivity index (χ4n) is 4.10. The number of aromatic nitrogens is 2. The van der Waals surface area contributed by atoms with Crippen molar-refractivity contribution in [2.24, 2.45) is 5.92 Å². The van der Waals surface area contributed by atoms with Crippen molar-refractivity contribution in [2.45, 2.75) is 19.4 Å². The SMILES string of the molecule is O=C1CCC(CN2CCN(c3ccc4c(=O)n(CCO)cnc4c3)CC2)CN1. The van der Waals surface area contributed by atoms with Crippen molar-refractivity contribution in [1.82, 2.24) is 19.8 Å². The van der Waals surface area contributed by atoms with Crippen molar-refractivity contribution in [2.75, 3.05) is 50.8 Å². The van der Waals surface area contributed by atoms with Crippen molar-refractivity contribution in [3.8, 4) is 0 Å². The Hall–Kier alpha value is -2.45. The molecule has 1 atom stereocenters. The molecule has 0 spiro atoms. The first kappa shape index (κ1) is 18.9. The van der Waals surface area contributed by atoms with Gasteiger partial charge in [0.15, 0.2) is 0 Å². The van der Waals surface area contributed by atoms with Crippen LogP contribution in [0.5, 0.6) is 0 Å². The summed E-state index contributed by atoms with van der Waals surface area (Å²) in [6.07, 6.45) is 3.14. The minimum absolute atomic E-state index is 0.0807. The zero-order valence-electron chi connectivity index (χ0n) is 16.0. The van der Waals surface area contributed by atoms with Crippen LogP contribution < -0.4 is 15.8 Å². The van der Waals surface area contributed by atoms with E-state index in [9.17, 15) is 9.59 Å². The van der Waals surface area contributed by atoms with Gasteiger partial charge >= 0.3 is 0 Å². The fourth-order valence-corrected chi connectivity index (χ4v) is 4.10. The van der Waals surface area contributed by atoms with Gasteiger partial charge in [-0.2, -0.15) is 0 Å². The summed E-state index contributed by atoms with van der Waals surface area (Å²) in [4.78, 5) is 32.9. The zero-order chi connectivity index (χ0) is 19.5. The van der Waals surface area contributed by atoms with Gasteiger partial charge in [0.2, 0.25) is 5.91 Å². The normalized spacial score (nSPS) is 21.1. The number of aliphatic hydroxyl groups is 1. The van der Waals surface area contributed by atoms with Gasteiger partial charge in [-0.25, -0.2) is 4.98 Å². The highest BCUT2D eigenvalue weighted by Gasteiger charge is 2.23. The summed E-state index contributed by atoms with van der Waals surface area (Å²) in [7, 11) is 0. The van der Waals surface area contributed by atoms with E-state index in [4.69, 9.17) is 5.11 Å². The lowest BCUT2D eigenvalue weighted by atomic mass is 9.98. The second kappa shape index (κ2) is 8.28. The number of aliphatic hydroxyl groups excluding tert-OH is 1. The molecular formula is C20H27N5O3. The van der Waals surface area contributed by atoms with Gasteiger partial charge in [0.05, 0.1) is 30.4 Å². The number of piperidine rings is 1. The summed E-state index contributed by atoms with van der Waals surface area (Å²) >= 11 is 0. The fraction of sp³-hybridized carbons (Fsp3) is 0.550. The van der Waals surface area contributed by atoms with Crippen molar-refractivity contribution in [1.29, 1.82) is 0 Å². The molecule has 1 aromatic carbocycles. The van der Waals surface area contributed by atoms with Gasteiger partial charge in [0.1, 0.15) is 0 Å². The summed E-state index contributed by atoms with van der Waals surface area (Å²) in [5, 5.41) is 12.6. The smallest absolute Gasteiger partial charge is 0.261 e. The van der Waals surface area contributed by atoms with Crippen LogP contribution in [-0.4, -0.2) is 71.3 Å². The number of piperazine rings is 1. The molecule has 1 amide bonds. The van der Waals surface area contributed by atoms with Crippen molar-refractivity contribution >= 4 is 22.5 Å². The van der Waals surface area contributed by atoms with Crippen LogP contribution in [0.1, 0.15) is 12.8 Å². The minimum atomic E-state index is -0.116. The lowest BCUT2D eigenvalue weighted by Gasteiger charge is -2.38. The molecule has 8 nitrogen and oxygen atoms in total. The predicted molar refractivity (Wildman–Crippen MR) is 107 cm³/mol. The summed E-state index contributed by atoms with van der Waals surface area (Å²) < 4.78 is 1.44. The Bertz CT molecular complexity index is 894. The van der Waals surface area contributed by atoms with Crippen LogP contribution in [0.15, 0.2) is 29.3 Å². The number of anilines is 1. The lowest BCUT2D eigenvalue weighted by Crippen LogP contribution is -2.49. The Morgan fingerprint density at radius 2 is 2.00 bits per heavy atom. The minimum Gasteiger partial charge on any atom is -0.395 e. The van der Waals surface area contributed by atoms with Crippen LogP contribution in [0, 0.1) is 5.92 Å². The molecule has 2 saturated heterocycles. The molecule has 2 N–H and O–H groups in total. The number of rotatable bonds is 5. The first-order chi connectivity index (χ1) is 13.6. The molecule has 1 aromatic heterocycles. The van der Waals surface area contributed by atoms with Crippen molar-refractivity contribution < 1.29 is 9.90 Å². The third-order valence-corrected chi connectivity index (χ3v) is 5.77. The lowest BCUT2D eigenvalue weighted by molar-refractivity contribution is -0.123. The molecule has 1 unspecified atom stereocenters. The third kappa shape index (κ3) is 4.02. The average molecular weight is 385 g/mol.